The van der Waals surface area contributed by atoms with Crippen molar-refractivity contribution in [1.29, 1.82) is 5.41 Å². The van der Waals surface area contributed by atoms with Crippen LogP contribution in [-0.4, -0.2) is 16.6 Å². The molecule has 1 N–H and O–H groups in total. The van der Waals surface area contributed by atoms with Crippen molar-refractivity contribution in [1.82, 2.24) is 4.90 Å². The molecule has 1 aliphatic carbocycles. The lowest BCUT2D eigenvalue weighted by Crippen LogP contribution is -2.30. The summed E-state index contributed by atoms with van der Waals surface area (Å²) in [5, 5.41) is 9.54. The first-order chi connectivity index (χ1) is 10.8. The van der Waals surface area contributed by atoms with Gasteiger partial charge in [0.2, 0.25) is 0 Å². The van der Waals surface area contributed by atoms with Crippen molar-refractivity contribution in [2.45, 2.75) is 31.1 Å². The first-order valence-electron chi connectivity index (χ1n) is 8.01. The smallest absolute Gasteiger partial charge is 0.157 e. The van der Waals surface area contributed by atoms with E-state index in [1.54, 1.807) is 11.8 Å². The second kappa shape index (κ2) is 5.47. The van der Waals surface area contributed by atoms with Crippen LogP contribution in [-0.2, 0) is 0 Å². The van der Waals surface area contributed by atoms with Crippen molar-refractivity contribution >= 4 is 16.9 Å². The molecule has 2 aromatic rings. The van der Waals surface area contributed by atoms with Crippen LogP contribution >= 0.6 is 11.8 Å². The third-order valence-electron chi connectivity index (χ3n) is 4.71. The number of nitrogens with one attached hydrogen (secondary N) is 1. The van der Waals surface area contributed by atoms with E-state index in [2.05, 4.69) is 60.4 Å². The summed E-state index contributed by atoms with van der Waals surface area (Å²) in [5.41, 5.74) is 5.46. The Morgan fingerprint density at radius 1 is 1.00 bits per heavy atom. The summed E-state index contributed by atoms with van der Waals surface area (Å²) in [5.74, 6) is 0. The zero-order chi connectivity index (χ0) is 15.1. The first kappa shape index (κ1) is 13.9. The van der Waals surface area contributed by atoms with Crippen LogP contribution in [0.25, 0.3) is 11.1 Å². The Hall–Kier alpha value is -1.74. The predicted octanol–water partition coefficient (Wildman–Crippen LogP) is 5.23. The van der Waals surface area contributed by atoms with Crippen LogP contribution in [0.2, 0.25) is 0 Å². The van der Waals surface area contributed by atoms with Gasteiger partial charge in [-0.15, -0.1) is 0 Å². The Labute approximate surface area is 136 Å². The number of rotatable bonds is 3. The van der Waals surface area contributed by atoms with Crippen LogP contribution in [0.15, 0.2) is 48.5 Å². The molecule has 0 saturated carbocycles. The molecule has 2 nitrogen and oxygen atoms in total. The molecular weight excluding hydrogens is 288 g/mol. The van der Waals surface area contributed by atoms with E-state index in [1.165, 1.54) is 28.7 Å². The molecule has 0 spiro atoms. The van der Waals surface area contributed by atoms with Crippen LogP contribution in [0.5, 0.6) is 0 Å². The van der Waals surface area contributed by atoms with Gasteiger partial charge >= 0.3 is 0 Å². The lowest BCUT2D eigenvalue weighted by atomic mass is 9.81. The van der Waals surface area contributed by atoms with Gasteiger partial charge in [0.15, 0.2) is 5.17 Å². The van der Waals surface area contributed by atoms with E-state index in [4.69, 9.17) is 5.41 Å². The largest absolute Gasteiger partial charge is 0.343 e. The lowest BCUT2D eigenvalue weighted by molar-refractivity contribution is 0.319. The second-order valence-corrected chi connectivity index (χ2v) is 7.14. The van der Waals surface area contributed by atoms with Gasteiger partial charge in [-0.05, 0) is 28.7 Å². The molecule has 1 heterocycles. The molecule has 4 rings (SSSR count). The van der Waals surface area contributed by atoms with Crippen LogP contribution in [0.1, 0.15) is 42.2 Å². The standard InChI is InChI=1S/C19H20N2S/c1-2-3-12-21-17-15-10-6-4-8-13(15)14-9-5-7-11-16(14)18(17)22-19(21)20/h4-11,17-18,20H,2-3,12H2,1H3/t17-,18-/m1/s1. The molecule has 2 aliphatic rings. The molecule has 0 radical (unpaired) electrons. The van der Waals surface area contributed by atoms with E-state index in [9.17, 15) is 0 Å². The fraction of sp³-hybridized carbons (Fsp3) is 0.316. The van der Waals surface area contributed by atoms with E-state index in [-0.39, 0.29) is 0 Å². The van der Waals surface area contributed by atoms with Gasteiger partial charge in [-0.3, -0.25) is 5.41 Å². The molecule has 112 valence electrons. The summed E-state index contributed by atoms with van der Waals surface area (Å²) in [4.78, 5) is 2.31. The molecule has 2 atom stereocenters. The number of nitrogens with zero attached hydrogens (tertiary/aromatic N) is 1. The first-order valence-corrected chi connectivity index (χ1v) is 8.89. The molecule has 0 aromatic heterocycles. The maximum absolute atomic E-state index is 8.45. The zero-order valence-corrected chi connectivity index (χ0v) is 13.6. The third-order valence-corrected chi connectivity index (χ3v) is 5.93. The maximum Gasteiger partial charge on any atom is 0.157 e. The topological polar surface area (TPSA) is 27.1 Å². The second-order valence-electron chi connectivity index (χ2n) is 6.01. The Kier molecular flexibility index (Phi) is 3.45. The number of amidine groups is 1. The van der Waals surface area contributed by atoms with E-state index in [0.717, 1.165) is 18.1 Å². The molecule has 0 bridgehead atoms. The average molecular weight is 308 g/mol. The fourth-order valence-corrected chi connectivity index (χ4v) is 5.00. The van der Waals surface area contributed by atoms with E-state index < -0.39 is 0 Å². The molecule has 2 aromatic carbocycles. The zero-order valence-electron chi connectivity index (χ0n) is 12.8. The minimum Gasteiger partial charge on any atom is -0.343 e. The summed E-state index contributed by atoms with van der Waals surface area (Å²) in [6.45, 7) is 3.20. The fourth-order valence-electron chi connectivity index (χ4n) is 3.67. The van der Waals surface area contributed by atoms with Gasteiger partial charge in [-0.25, -0.2) is 0 Å². The minimum atomic E-state index is 0.315. The quantitative estimate of drug-likeness (QED) is 0.840. The van der Waals surface area contributed by atoms with Crippen molar-refractivity contribution in [3.8, 4) is 11.1 Å². The van der Waals surface area contributed by atoms with Crippen molar-refractivity contribution in [3.63, 3.8) is 0 Å². The van der Waals surface area contributed by atoms with Crippen molar-refractivity contribution in [2.24, 2.45) is 0 Å². The SMILES string of the molecule is CCCCN1C(=N)S[C@@H]2c3ccccc3-c3ccccc3[C@H]21. The van der Waals surface area contributed by atoms with Gasteiger partial charge in [0.1, 0.15) is 0 Å². The highest BCUT2D eigenvalue weighted by Gasteiger charge is 2.44. The Morgan fingerprint density at radius 2 is 1.64 bits per heavy atom. The molecule has 1 saturated heterocycles. The molecule has 1 aliphatic heterocycles. The van der Waals surface area contributed by atoms with Crippen LogP contribution < -0.4 is 0 Å². The molecule has 22 heavy (non-hydrogen) atoms. The number of hydrogen-bond donors (Lipinski definition) is 1. The molecule has 1 fully saturated rings. The van der Waals surface area contributed by atoms with Gasteiger partial charge in [0, 0.05) is 6.54 Å². The maximum atomic E-state index is 8.45. The minimum absolute atomic E-state index is 0.315. The van der Waals surface area contributed by atoms with Crippen molar-refractivity contribution in [2.75, 3.05) is 6.54 Å². The number of hydrogen-bond acceptors (Lipinski definition) is 2. The lowest BCUT2D eigenvalue weighted by Gasteiger charge is -2.34. The highest BCUT2D eigenvalue weighted by atomic mass is 32.2. The summed E-state index contributed by atoms with van der Waals surface area (Å²) in [6.07, 6.45) is 2.32. The number of thioether (sulfide) groups is 1. The van der Waals surface area contributed by atoms with Crippen molar-refractivity contribution in [3.05, 3.63) is 59.7 Å². The molecule has 3 heteroatoms. The summed E-state index contributed by atoms with van der Waals surface area (Å²) >= 11 is 1.72. The predicted molar refractivity (Wildman–Crippen MR) is 94.3 cm³/mol. The Bertz CT molecular complexity index is 725. The number of benzene rings is 2. The Morgan fingerprint density at radius 3 is 2.36 bits per heavy atom. The monoisotopic (exact) mass is 308 g/mol. The molecule has 0 amide bonds. The average Bonchev–Trinajstić information content (AvgIpc) is 2.90. The van der Waals surface area contributed by atoms with Gasteiger partial charge in [-0.1, -0.05) is 73.6 Å². The van der Waals surface area contributed by atoms with E-state index in [0.29, 0.717) is 11.3 Å². The Balaban J connectivity index is 1.87. The number of fused-ring (bicyclic) bond motifs is 6. The number of unbranched alkanes of at least 4 members (excludes halogenated alkanes) is 1. The van der Waals surface area contributed by atoms with Crippen LogP contribution in [0.3, 0.4) is 0 Å². The molecular formula is C19H20N2S. The summed E-state index contributed by atoms with van der Waals surface area (Å²) < 4.78 is 0. The normalized spacial score (nSPS) is 22.2. The van der Waals surface area contributed by atoms with E-state index in [1.807, 2.05) is 0 Å². The third kappa shape index (κ3) is 1.99. The summed E-state index contributed by atoms with van der Waals surface area (Å²) in [7, 11) is 0. The van der Waals surface area contributed by atoms with Gasteiger partial charge in [0.05, 0.1) is 11.3 Å². The van der Waals surface area contributed by atoms with Crippen molar-refractivity contribution < 1.29 is 0 Å². The van der Waals surface area contributed by atoms with Crippen LogP contribution in [0.4, 0.5) is 0 Å². The van der Waals surface area contributed by atoms with Gasteiger partial charge < -0.3 is 4.90 Å². The highest BCUT2D eigenvalue weighted by molar-refractivity contribution is 8.14. The van der Waals surface area contributed by atoms with Gasteiger partial charge in [0.25, 0.3) is 0 Å². The molecule has 0 unspecified atom stereocenters. The van der Waals surface area contributed by atoms with Crippen LogP contribution in [0, 0.1) is 5.41 Å². The summed E-state index contributed by atoms with van der Waals surface area (Å²) in [6, 6.07) is 17.8. The van der Waals surface area contributed by atoms with E-state index >= 15 is 0 Å². The van der Waals surface area contributed by atoms with Gasteiger partial charge in [-0.2, -0.15) is 0 Å². The highest BCUT2D eigenvalue weighted by Crippen LogP contribution is 2.57.